The van der Waals surface area contributed by atoms with Crippen molar-refractivity contribution in [2.75, 3.05) is 0 Å². The number of allylic oxidation sites excluding steroid dienone is 2. The summed E-state index contributed by atoms with van der Waals surface area (Å²) in [7, 11) is 0. The van der Waals surface area contributed by atoms with Crippen LogP contribution in [0.15, 0.2) is 142 Å². The molecule has 0 aliphatic heterocycles. The van der Waals surface area contributed by atoms with Crippen LogP contribution in [0.2, 0.25) is 0 Å². The molecule has 7 heteroatoms. The summed E-state index contributed by atoms with van der Waals surface area (Å²) in [5, 5.41) is 8.36. The number of benzene rings is 4. The number of carbonyl (C=O) groups excluding carboxylic acids is 1. The predicted octanol–water partition coefficient (Wildman–Crippen LogP) is 8.65. The summed E-state index contributed by atoms with van der Waals surface area (Å²) in [6.45, 7) is 2.85. The van der Waals surface area contributed by atoms with Crippen LogP contribution in [0.5, 0.6) is 0 Å². The van der Waals surface area contributed by atoms with Gasteiger partial charge >= 0.3 is 0 Å². The molecule has 0 aliphatic rings. The molecule has 6 nitrogen and oxygen atoms in total. The molecule has 0 amide bonds. The first kappa shape index (κ1) is 31.7. The number of aromatic nitrogens is 2. The van der Waals surface area contributed by atoms with Gasteiger partial charge in [0.25, 0.3) is 0 Å². The molecule has 0 spiro atoms. The van der Waals surface area contributed by atoms with Crippen LogP contribution in [-0.4, -0.2) is 20.9 Å². The van der Waals surface area contributed by atoms with Crippen LogP contribution in [0, 0.1) is 12.1 Å². The SMILES string of the molecule is CC(=O)/C=C(/C)O.[Ir].[c-]1ccccc1-c1ncc(-c2ccccc2)o1.[c-]1ccccc1-c1ncc(-c2ccccc2)o1. The van der Waals surface area contributed by atoms with Gasteiger partial charge in [-0.1, -0.05) is 71.8 Å². The Morgan fingerprint density at radius 1 is 0.667 bits per heavy atom. The molecule has 0 bridgehead atoms. The number of hydrogen-bond acceptors (Lipinski definition) is 6. The average molecular weight is 733 g/mol. The maximum atomic E-state index is 10.0. The summed E-state index contributed by atoms with van der Waals surface area (Å²) < 4.78 is 11.4. The summed E-state index contributed by atoms with van der Waals surface area (Å²) in [5.74, 6) is 2.69. The second-order valence-corrected chi connectivity index (χ2v) is 8.74. The van der Waals surface area contributed by atoms with Gasteiger partial charge in [-0.15, -0.1) is 60.7 Å². The van der Waals surface area contributed by atoms with Gasteiger partial charge in [0.2, 0.25) is 0 Å². The van der Waals surface area contributed by atoms with Gasteiger partial charge in [0.1, 0.15) is 23.3 Å². The Hall–Kier alpha value is -4.84. The van der Waals surface area contributed by atoms with Crippen molar-refractivity contribution in [1.29, 1.82) is 0 Å². The van der Waals surface area contributed by atoms with E-state index in [-0.39, 0.29) is 31.6 Å². The van der Waals surface area contributed by atoms with Crippen molar-refractivity contribution >= 4 is 5.78 Å². The number of hydrogen-bond donors (Lipinski definition) is 1. The molecule has 4 aromatic carbocycles. The molecule has 0 fully saturated rings. The van der Waals surface area contributed by atoms with Crippen LogP contribution in [0.1, 0.15) is 13.8 Å². The van der Waals surface area contributed by atoms with Crippen LogP contribution in [-0.2, 0) is 24.9 Å². The molecule has 0 saturated carbocycles. The monoisotopic (exact) mass is 733 g/mol. The van der Waals surface area contributed by atoms with Crippen molar-refractivity contribution in [3.8, 4) is 45.6 Å². The Balaban J connectivity index is 0.000000186. The van der Waals surface area contributed by atoms with Gasteiger partial charge in [-0.25, -0.2) is 0 Å². The molecule has 42 heavy (non-hydrogen) atoms. The topological polar surface area (TPSA) is 89.4 Å². The van der Waals surface area contributed by atoms with E-state index in [2.05, 4.69) is 22.1 Å². The summed E-state index contributed by atoms with van der Waals surface area (Å²) in [4.78, 5) is 18.5. The van der Waals surface area contributed by atoms with E-state index < -0.39 is 0 Å². The number of oxazole rings is 2. The van der Waals surface area contributed by atoms with E-state index in [9.17, 15) is 4.79 Å². The number of ketones is 1. The van der Waals surface area contributed by atoms with Crippen molar-refractivity contribution in [2.45, 2.75) is 13.8 Å². The molecule has 2 aromatic heterocycles. The van der Waals surface area contributed by atoms with Crippen LogP contribution in [0.3, 0.4) is 0 Å². The van der Waals surface area contributed by atoms with Crippen LogP contribution < -0.4 is 0 Å². The summed E-state index contributed by atoms with van der Waals surface area (Å²) in [5.41, 5.74) is 3.80. The molecular weight excluding hydrogens is 705 g/mol. The number of rotatable bonds is 5. The fourth-order valence-electron chi connectivity index (χ4n) is 3.62. The first-order chi connectivity index (χ1) is 20.0. The largest absolute Gasteiger partial charge is 0.512 e. The van der Waals surface area contributed by atoms with Gasteiger partial charge < -0.3 is 13.9 Å². The molecule has 2 heterocycles. The van der Waals surface area contributed by atoms with Gasteiger partial charge in [-0.05, 0) is 13.8 Å². The molecule has 0 atom stereocenters. The minimum atomic E-state index is -0.125. The summed E-state index contributed by atoms with van der Waals surface area (Å²) in [6, 6.07) is 41.3. The third kappa shape index (κ3) is 9.66. The minimum Gasteiger partial charge on any atom is -0.512 e. The van der Waals surface area contributed by atoms with Gasteiger partial charge in [-0.3, -0.25) is 14.8 Å². The minimum absolute atomic E-state index is 0. The second-order valence-electron chi connectivity index (χ2n) is 8.74. The molecule has 0 aliphatic carbocycles. The summed E-state index contributed by atoms with van der Waals surface area (Å²) in [6.07, 6.45) is 4.65. The zero-order valence-corrected chi connectivity index (χ0v) is 25.4. The van der Waals surface area contributed by atoms with E-state index in [1.54, 1.807) is 12.4 Å². The molecule has 6 aromatic rings. The molecule has 213 valence electrons. The number of carbonyl (C=O) groups is 1. The van der Waals surface area contributed by atoms with Gasteiger partial charge in [0.15, 0.2) is 5.78 Å². The van der Waals surface area contributed by atoms with Crippen LogP contribution >= 0.6 is 0 Å². The molecule has 1 N–H and O–H groups in total. The summed E-state index contributed by atoms with van der Waals surface area (Å²) >= 11 is 0. The molecule has 1 radical (unpaired) electrons. The Morgan fingerprint density at radius 2 is 1.07 bits per heavy atom. The quantitative estimate of drug-likeness (QED) is 0.109. The Labute approximate surface area is 258 Å². The number of aliphatic hydroxyl groups is 1. The Bertz CT molecular complexity index is 1440. The fraction of sp³-hybridized carbons (Fsp3) is 0.0571. The maximum absolute atomic E-state index is 10.0. The third-order valence-electron chi connectivity index (χ3n) is 5.42. The van der Waals surface area contributed by atoms with Gasteiger partial charge in [-0.2, -0.15) is 0 Å². The standard InChI is InChI=1S/2C15H10NO.C5H8O2.Ir/c2*1-3-7-12(8-4-1)14-11-16-15(17-14)13-9-5-2-6-10-13;1-4(6)3-5(2)7;/h2*1-9,11H;3,6H,1-2H3;/q2*-1;;/b;;4-3-;. The second kappa shape index (κ2) is 16.4. The Kier molecular flexibility index (Phi) is 12.4. The smallest absolute Gasteiger partial charge is 0.155 e. The fourth-order valence-corrected chi connectivity index (χ4v) is 3.62. The Morgan fingerprint density at radius 3 is 1.38 bits per heavy atom. The zero-order chi connectivity index (χ0) is 28.9. The van der Waals surface area contributed by atoms with E-state index >= 15 is 0 Å². The van der Waals surface area contributed by atoms with E-state index in [0.717, 1.165) is 33.8 Å². The van der Waals surface area contributed by atoms with E-state index in [0.29, 0.717) is 11.8 Å². The van der Waals surface area contributed by atoms with Crippen molar-refractivity contribution in [1.82, 2.24) is 9.97 Å². The van der Waals surface area contributed by atoms with Crippen LogP contribution in [0.4, 0.5) is 0 Å². The first-order valence-corrected chi connectivity index (χ1v) is 12.8. The number of nitrogens with zero attached hydrogens (tertiary/aromatic N) is 2. The van der Waals surface area contributed by atoms with Crippen molar-refractivity contribution in [3.05, 3.63) is 146 Å². The van der Waals surface area contributed by atoms with E-state index in [4.69, 9.17) is 13.9 Å². The molecule has 0 saturated heterocycles. The van der Waals surface area contributed by atoms with Crippen molar-refractivity contribution in [3.63, 3.8) is 0 Å². The van der Waals surface area contributed by atoms with Crippen molar-refractivity contribution in [2.24, 2.45) is 0 Å². The van der Waals surface area contributed by atoms with Crippen LogP contribution in [0.25, 0.3) is 45.6 Å². The molecular formula is C35H28IrN2O4-2. The normalized spacial score (nSPS) is 10.3. The van der Waals surface area contributed by atoms with Gasteiger partial charge in [0.05, 0.1) is 18.2 Å². The van der Waals surface area contributed by atoms with E-state index in [1.165, 1.54) is 19.9 Å². The average Bonchev–Trinajstić information content (AvgIpc) is 3.70. The molecule has 0 unspecified atom stereocenters. The molecule has 6 rings (SSSR count). The zero-order valence-electron chi connectivity index (χ0n) is 23.0. The van der Waals surface area contributed by atoms with Gasteiger partial charge in [0, 0.05) is 37.3 Å². The first-order valence-electron chi connectivity index (χ1n) is 12.8. The third-order valence-corrected chi connectivity index (χ3v) is 5.42. The predicted molar refractivity (Wildman–Crippen MR) is 159 cm³/mol. The van der Waals surface area contributed by atoms with E-state index in [1.807, 2.05) is 109 Å². The number of aliphatic hydroxyl groups excluding tert-OH is 1. The maximum Gasteiger partial charge on any atom is 0.155 e. The van der Waals surface area contributed by atoms with Crippen molar-refractivity contribution < 1.29 is 38.8 Å².